The molecule has 0 heterocycles. The van der Waals surface area contributed by atoms with Crippen LogP contribution < -0.4 is 14.8 Å². The summed E-state index contributed by atoms with van der Waals surface area (Å²) in [6.07, 6.45) is 5.04. The van der Waals surface area contributed by atoms with Gasteiger partial charge in [-0.15, -0.1) is 0 Å². The lowest BCUT2D eigenvalue weighted by molar-refractivity contribution is -0.140. The zero-order valence-corrected chi connectivity index (χ0v) is 20.4. The van der Waals surface area contributed by atoms with Crippen LogP contribution in [0.15, 0.2) is 42.5 Å². The molecule has 2 amide bonds. The van der Waals surface area contributed by atoms with E-state index in [1.807, 2.05) is 36.4 Å². The number of ether oxygens (including phenoxy) is 2. The molecular weight excluding hydrogens is 440 g/mol. The number of benzene rings is 2. The molecule has 0 saturated heterocycles. The SMILES string of the molecule is COc1ccc(CCC(=O)N(Cc2ccccc2Cl)[C@H](C)C(=O)NC2CCCC2)cc1OC. The lowest BCUT2D eigenvalue weighted by atomic mass is 10.1. The van der Waals surface area contributed by atoms with Crippen molar-refractivity contribution >= 4 is 23.4 Å². The number of rotatable bonds is 10. The van der Waals surface area contributed by atoms with Gasteiger partial charge in [0.25, 0.3) is 0 Å². The summed E-state index contributed by atoms with van der Waals surface area (Å²) in [6, 6.07) is 12.7. The highest BCUT2D eigenvalue weighted by atomic mass is 35.5. The fourth-order valence-electron chi connectivity index (χ4n) is 4.22. The molecule has 7 heteroatoms. The van der Waals surface area contributed by atoms with Crippen LogP contribution >= 0.6 is 11.6 Å². The molecule has 1 fully saturated rings. The van der Waals surface area contributed by atoms with Gasteiger partial charge in [0, 0.05) is 24.0 Å². The maximum Gasteiger partial charge on any atom is 0.242 e. The molecule has 2 aromatic carbocycles. The van der Waals surface area contributed by atoms with E-state index in [0.717, 1.165) is 36.8 Å². The molecule has 1 saturated carbocycles. The largest absolute Gasteiger partial charge is 0.493 e. The second-order valence-electron chi connectivity index (χ2n) is 8.47. The Hall–Kier alpha value is -2.73. The van der Waals surface area contributed by atoms with Crippen LogP contribution in [0.4, 0.5) is 0 Å². The first-order chi connectivity index (χ1) is 15.9. The number of nitrogens with one attached hydrogen (secondary N) is 1. The number of hydrogen-bond acceptors (Lipinski definition) is 4. The zero-order valence-electron chi connectivity index (χ0n) is 19.6. The smallest absolute Gasteiger partial charge is 0.242 e. The summed E-state index contributed by atoms with van der Waals surface area (Å²) in [5.74, 6) is 1.05. The monoisotopic (exact) mass is 472 g/mol. The molecule has 2 aromatic rings. The topological polar surface area (TPSA) is 67.9 Å². The Kier molecular flexibility index (Phi) is 9.01. The van der Waals surface area contributed by atoms with Gasteiger partial charge in [-0.2, -0.15) is 0 Å². The molecular formula is C26H33ClN2O4. The van der Waals surface area contributed by atoms with Crippen LogP contribution in [0.3, 0.4) is 0 Å². The minimum absolute atomic E-state index is 0.0984. The van der Waals surface area contributed by atoms with Gasteiger partial charge in [0.15, 0.2) is 11.5 Å². The normalized spacial score (nSPS) is 14.5. The van der Waals surface area contributed by atoms with Crippen LogP contribution in [0.25, 0.3) is 0 Å². The number of amides is 2. The van der Waals surface area contributed by atoms with Crippen molar-refractivity contribution in [1.29, 1.82) is 0 Å². The average molecular weight is 473 g/mol. The molecule has 1 aliphatic carbocycles. The number of nitrogens with zero attached hydrogens (tertiary/aromatic N) is 1. The molecule has 6 nitrogen and oxygen atoms in total. The average Bonchev–Trinajstić information content (AvgIpc) is 3.34. The van der Waals surface area contributed by atoms with Gasteiger partial charge in [0.1, 0.15) is 6.04 Å². The number of carbonyl (C=O) groups excluding carboxylic acids is 2. The Labute approximate surface area is 201 Å². The molecule has 0 radical (unpaired) electrons. The van der Waals surface area contributed by atoms with Gasteiger partial charge in [-0.25, -0.2) is 0 Å². The van der Waals surface area contributed by atoms with Gasteiger partial charge < -0.3 is 19.7 Å². The number of aryl methyl sites for hydroxylation is 1. The predicted octanol–water partition coefficient (Wildman–Crippen LogP) is 4.77. The minimum Gasteiger partial charge on any atom is -0.493 e. The lowest BCUT2D eigenvalue weighted by Crippen LogP contribution is -2.49. The van der Waals surface area contributed by atoms with E-state index in [1.165, 1.54) is 0 Å². The van der Waals surface area contributed by atoms with E-state index < -0.39 is 6.04 Å². The van der Waals surface area contributed by atoms with Crippen LogP contribution in [-0.2, 0) is 22.6 Å². The maximum atomic E-state index is 13.3. The molecule has 1 aliphatic rings. The Bertz CT molecular complexity index is 959. The first-order valence-electron chi connectivity index (χ1n) is 11.5. The first-order valence-corrected chi connectivity index (χ1v) is 11.8. The Morgan fingerprint density at radius 1 is 1.09 bits per heavy atom. The molecule has 0 spiro atoms. The Balaban J connectivity index is 1.73. The van der Waals surface area contributed by atoms with E-state index >= 15 is 0 Å². The van der Waals surface area contributed by atoms with E-state index in [-0.39, 0.29) is 30.8 Å². The number of halogens is 1. The van der Waals surface area contributed by atoms with Crippen LogP contribution in [0.5, 0.6) is 11.5 Å². The minimum atomic E-state index is -0.597. The number of hydrogen-bond donors (Lipinski definition) is 1. The number of carbonyl (C=O) groups is 2. The molecule has 33 heavy (non-hydrogen) atoms. The van der Waals surface area contributed by atoms with Crippen molar-refractivity contribution in [3.63, 3.8) is 0 Å². The first kappa shape index (κ1) is 24.9. The molecule has 0 bridgehead atoms. The highest BCUT2D eigenvalue weighted by Gasteiger charge is 2.28. The highest BCUT2D eigenvalue weighted by Crippen LogP contribution is 2.28. The van der Waals surface area contributed by atoms with Crippen molar-refractivity contribution in [3.8, 4) is 11.5 Å². The molecule has 0 aromatic heterocycles. The molecule has 1 atom stereocenters. The third kappa shape index (κ3) is 6.64. The molecule has 3 rings (SSSR count). The predicted molar refractivity (Wildman–Crippen MR) is 130 cm³/mol. The fourth-order valence-corrected chi connectivity index (χ4v) is 4.41. The third-order valence-corrected chi connectivity index (χ3v) is 6.61. The fraction of sp³-hybridized carbons (Fsp3) is 0.462. The molecule has 178 valence electrons. The van der Waals surface area contributed by atoms with Crippen LogP contribution in [0.1, 0.15) is 50.2 Å². The highest BCUT2D eigenvalue weighted by molar-refractivity contribution is 6.31. The van der Waals surface area contributed by atoms with Crippen molar-refractivity contribution < 1.29 is 19.1 Å². The Morgan fingerprint density at radius 3 is 2.45 bits per heavy atom. The van der Waals surface area contributed by atoms with Crippen molar-refractivity contribution in [3.05, 3.63) is 58.6 Å². The summed E-state index contributed by atoms with van der Waals surface area (Å²) in [4.78, 5) is 28.0. The van der Waals surface area contributed by atoms with Crippen molar-refractivity contribution in [2.45, 2.75) is 64.1 Å². The van der Waals surface area contributed by atoms with Gasteiger partial charge in [0.2, 0.25) is 11.8 Å². The van der Waals surface area contributed by atoms with E-state index in [9.17, 15) is 9.59 Å². The third-order valence-electron chi connectivity index (χ3n) is 6.24. The summed E-state index contributed by atoms with van der Waals surface area (Å²) in [5, 5.41) is 3.70. The second-order valence-corrected chi connectivity index (χ2v) is 8.88. The standard InChI is InChI=1S/C26H33ClN2O4/c1-18(26(31)28-21-9-5-6-10-21)29(17-20-8-4-7-11-22(20)27)25(30)15-13-19-12-14-23(32-2)24(16-19)33-3/h4,7-8,11-12,14,16,18,21H,5-6,9-10,13,15,17H2,1-3H3,(H,28,31)/t18-/m1/s1. The molecule has 1 N–H and O–H groups in total. The van der Waals surface area contributed by atoms with Gasteiger partial charge in [-0.1, -0.05) is 48.7 Å². The van der Waals surface area contributed by atoms with Crippen LogP contribution in [-0.4, -0.2) is 43.0 Å². The Morgan fingerprint density at radius 2 is 1.79 bits per heavy atom. The van der Waals surface area contributed by atoms with Gasteiger partial charge >= 0.3 is 0 Å². The quantitative estimate of drug-likeness (QED) is 0.541. The summed E-state index contributed by atoms with van der Waals surface area (Å²) in [5.41, 5.74) is 1.78. The second kappa shape index (κ2) is 11.9. The van der Waals surface area contributed by atoms with Crippen LogP contribution in [0, 0.1) is 0 Å². The van der Waals surface area contributed by atoms with Gasteiger partial charge in [-0.05, 0) is 55.5 Å². The summed E-state index contributed by atoms with van der Waals surface area (Å²) < 4.78 is 10.7. The molecule has 0 unspecified atom stereocenters. The van der Waals surface area contributed by atoms with Crippen molar-refractivity contribution in [2.24, 2.45) is 0 Å². The van der Waals surface area contributed by atoms with E-state index in [2.05, 4.69) is 5.32 Å². The number of methoxy groups -OCH3 is 2. The van der Waals surface area contributed by atoms with E-state index in [0.29, 0.717) is 22.9 Å². The van der Waals surface area contributed by atoms with Gasteiger partial charge in [0.05, 0.1) is 14.2 Å². The lowest BCUT2D eigenvalue weighted by Gasteiger charge is -2.30. The van der Waals surface area contributed by atoms with Crippen LogP contribution in [0.2, 0.25) is 5.02 Å². The van der Waals surface area contributed by atoms with Crippen molar-refractivity contribution in [1.82, 2.24) is 10.2 Å². The van der Waals surface area contributed by atoms with E-state index in [1.54, 1.807) is 32.1 Å². The van der Waals surface area contributed by atoms with Crippen molar-refractivity contribution in [2.75, 3.05) is 14.2 Å². The summed E-state index contributed by atoms with van der Waals surface area (Å²) >= 11 is 6.37. The zero-order chi connectivity index (χ0) is 23.8. The maximum absolute atomic E-state index is 13.3. The summed E-state index contributed by atoms with van der Waals surface area (Å²) in [7, 11) is 3.18. The molecule has 0 aliphatic heterocycles. The van der Waals surface area contributed by atoms with Gasteiger partial charge in [-0.3, -0.25) is 9.59 Å². The summed E-state index contributed by atoms with van der Waals surface area (Å²) in [6.45, 7) is 2.07. The van der Waals surface area contributed by atoms with E-state index in [4.69, 9.17) is 21.1 Å².